The molecule has 4 nitrogen and oxygen atoms in total. The van der Waals surface area contributed by atoms with Gasteiger partial charge in [-0.3, -0.25) is 9.59 Å². The van der Waals surface area contributed by atoms with Crippen LogP contribution in [-0.4, -0.2) is 23.0 Å². The fourth-order valence-corrected chi connectivity index (χ4v) is 3.31. The van der Waals surface area contributed by atoms with Gasteiger partial charge in [-0.15, -0.1) is 0 Å². The predicted octanol–water partition coefficient (Wildman–Crippen LogP) is 4.24. The van der Waals surface area contributed by atoms with Crippen molar-refractivity contribution in [3.63, 3.8) is 0 Å². The number of carbonyl (C=O) groups is 2. The summed E-state index contributed by atoms with van der Waals surface area (Å²) in [6, 6.07) is 20.5. The number of nitrogens with one attached hydrogen (secondary N) is 1. The van der Waals surface area contributed by atoms with Gasteiger partial charge in [0.1, 0.15) is 0 Å². The Balaban J connectivity index is 1.71. The first-order valence-electron chi connectivity index (χ1n) is 8.73. The number of halogens is 1. The first-order valence-corrected chi connectivity index (χ1v) is 9.11. The van der Waals surface area contributed by atoms with Gasteiger partial charge in [0.2, 0.25) is 5.91 Å². The maximum Gasteiger partial charge on any atom is 0.305 e. The van der Waals surface area contributed by atoms with Crippen molar-refractivity contribution < 1.29 is 14.7 Å². The van der Waals surface area contributed by atoms with Crippen LogP contribution in [-0.2, 0) is 22.4 Å². The Morgan fingerprint density at radius 3 is 2.41 bits per heavy atom. The van der Waals surface area contributed by atoms with E-state index in [0.717, 1.165) is 21.9 Å². The van der Waals surface area contributed by atoms with Gasteiger partial charge in [0.25, 0.3) is 0 Å². The Hall–Kier alpha value is -2.85. The minimum absolute atomic E-state index is 0.135. The molecule has 2 N–H and O–H groups in total. The van der Waals surface area contributed by atoms with Gasteiger partial charge in [-0.05, 0) is 40.5 Å². The molecule has 0 aliphatic rings. The molecule has 0 saturated carbocycles. The van der Waals surface area contributed by atoms with Crippen molar-refractivity contribution in [2.24, 2.45) is 0 Å². The van der Waals surface area contributed by atoms with Crippen LogP contribution in [0.4, 0.5) is 0 Å². The van der Waals surface area contributed by atoms with Crippen LogP contribution in [0, 0.1) is 0 Å². The third-order valence-electron chi connectivity index (χ3n) is 4.41. The van der Waals surface area contributed by atoms with Gasteiger partial charge in [0, 0.05) is 11.1 Å². The molecule has 0 aliphatic carbocycles. The number of carboxylic acid groups (broad SMARTS) is 1. The third-order valence-corrected chi connectivity index (χ3v) is 4.66. The molecule has 0 heterocycles. The SMILES string of the molecule is O=C(O)C[C@H](Cc1ccc(Cl)cc1)NC(=O)Cc1cccc2ccccc12. The average molecular weight is 382 g/mol. The molecule has 0 fully saturated rings. The Morgan fingerprint density at radius 2 is 1.67 bits per heavy atom. The number of hydrogen-bond acceptors (Lipinski definition) is 2. The summed E-state index contributed by atoms with van der Waals surface area (Å²) in [4.78, 5) is 23.8. The first kappa shape index (κ1) is 18.9. The molecule has 5 heteroatoms. The monoisotopic (exact) mass is 381 g/mol. The normalized spacial score (nSPS) is 11.9. The highest BCUT2D eigenvalue weighted by atomic mass is 35.5. The van der Waals surface area contributed by atoms with E-state index in [0.29, 0.717) is 11.4 Å². The molecule has 0 aliphatic heterocycles. The summed E-state index contributed by atoms with van der Waals surface area (Å²) in [6.45, 7) is 0. The lowest BCUT2D eigenvalue weighted by atomic mass is 10.0. The highest BCUT2D eigenvalue weighted by molar-refractivity contribution is 6.30. The first-order chi connectivity index (χ1) is 13.0. The Kier molecular flexibility index (Phi) is 6.09. The smallest absolute Gasteiger partial charge is 0.305 e. The summed E-state index contributed by atoms with van der Waals surface area (Å²) in [5.41, 5.74) is 1.85. The molecule has 3 aromatic rings. The molecule has 1 atom stereocenters. The minimum Gasteiger partial charge on any atom is -0.481 e. The van der Waals surface area contributed by atoms with E-state index in [1.165, 1.54) is 0 Å². The van der Waals surface area contributed by atoms with Gasteiger partial charge in [-0.1, -0.05) is 66.2 Å². The summed E-state index contributed by atoms with van der Waals surface area (Å²) in [6.07, 6.45) is 0.507. The number of benzene rings is 3. The van der Waals surface area contributed by atoms with Crippen LogP contribution in [0.15, 0.2) is 66.7 Å². The zero-order chi connectivity index (χ0) is 19.2. The van der Waals surface area contributed by atoms with E-state index in [1.54, 1.807) is 12.1 Å². The molecule has 0 unspecified atom stereocenters. The van der Waals surface area contributed by atoms with Crippen molar-refractivity contribution in [3.8, 4) is 0 Å². The molecular weight excluding hydrogens is 362 g/mol. The van der Waals surface area contributed by atoms with Crippen molar-refractivity contribution in [3.05, 3.63) is 82.9 Å². The fraction of sp³-hybridized carbons (Fsp3) is 0.182. The Bertz CT molecular complexity index is 948. The fourth-order valence-electron chi connectivity index (χ4n) is 3.19. The third kappa shape index (κ3) is 5.31. The van der Waals surface area contributed by atoms with Gasteiger partial charge >= 0.3 is 5.97 Å². The standard InChI is InChI=1S/C22H20ClNO3/c23-18-10-8-15(9-11-18)12-19(14-22(26)27)24-21(25)13-17-6-3-5-16-4-1-2-7-20(16)17/h1-11,19H,12-14H2,(H,24,25)(H,26,27)/t19-/m0/s1. The highest BCUT2D eigenvalue weighted by Gasteiger charge is 2.17. The number of fused-ring (bicyclic) bond motifs is 1. The Morgan fingerprint density at radius 1 is 0.963 bits per heavy atom. The molecular formula is C22H20ClNO3. The summed E-state index contributed by atoms with van der Waals surface area (Å²) >= 11 is 5.89. The second-order valence-electron chi connectivity index (χ2n) is 6.51. The van der Waals surface area contributed by atoms with E-state index in [2.05, 4.69) is 5.32 Å². The van der Waals surface area contributed by atoms with E-state index >= 15 is 0 Å². The average Bonchev–Trinajstić information content (AvgIpc) is 2.63. The number of rotatable bonds is 7. The van der Waals surface area contributed by atoms with Crippen molar-refractivity contribution in [1.29, 1.82) is 0 Å². The lowest BCUT2D eigenvalue weighted by molar-refractivity contribution is -0.137. The van der Waals surface area contributed by atoms with Gasteiger partial charge in [-0.2, -0.15) is 0 Å². The van der Waals surface area contributed by atoms with Crippen LogP contribution in [0.1, 0.15) is 17.5 Å². The lowest BCUT2D eigenvalue weighted by Crippen LogP contribution is -2.39. The van der Waals surface area contributed by atoms with Crippen LogP contribution < -0.4 is 5.32 Å². The highest BCUT2D eigenvalue weighted by Crippen LogP contribution is 2.19. The number of carboxylic acids is 1. The largest absolute Gasteiger partial charge is 0.481 e. The quantitative estimate of drug-likeness (QED) is 0.643. The zero-order valence-electron chi connectivity index (χ0n) is 14.7. The topological polar surface area (TPSA) is 66.4 Å². The van der Waals surface area contributed by atoms with E-state index in [1.807, 2.05) is 54.6 Å². The summed E-state index contributed by atoms with van der Waals surface area (Å²) in [5.74, 6) is -1.13. The van der Waals surface area contributed by atoms with E-state index in [4.69, 9.17) is 11.6 Å². The number of aliphatic carboxylic acids is 1. The van der Waals surface area contributed by atoms with Gasteiger partial charge in [0.05, 0.1) is 12.8 Å². The molecule has 3 aromatic carbocycles. The van der Waals surface area contributed by atoms with Crippen LogP contribution >= 0.6 is 11.6 Å². The number of hydrogen-bond donors (Lipinski definition) is 2. The number of carbonyl (C=O) groups excluding carboxylic acids is 1. The van der Waals surface area contributed by atoms with Crippen LogP contribution in [0.25, 0.3) is 10.8 Å². The van der Waals surface area contributed by atoms with Crippen molar-refractivity contribution in [2.45, 2.75) is 25.3 Å². The molecule has 1 amide bonds. The zero-order valence-corrected chi connectivity index (χ0v) is 15.4. The van der Waals surface area contributed by atoms with E-state index < -0.39 is 12.0 Å². The number of amides is 1. The maximum atomic E-state index is 12.6. The molecule has 0 bridgehead atoms. The second kappa shape index (κ2) is 8.69. The van der Waals surface area contributed by atoms with Crippen molar-refractivity contribution >= 4 is 34.2 Å². The molecule has 27 heavy (non-hydrogen) atoms. The minimum atomic E-state index is -0.945. The van der Waals surface area contributed by atoms with Gasteiger partial charge in [0.15, 0.2) is 0 Å². The van der Waals surface area contributed by atoms with Gasteiger partial charge in [-0.25, -0.2) is 0 Å². The second-order valence-corrected chi connectivity index (χ2v) is 6.94. The molecule has 0 saturated heterocycles. The Labute approximate surface area is 162 Å². The molecule has 138 valence electrons. The van der Waals surface area contributed by atoms with Crippen molar-refractivity contribution in [1.82, 2.24) is 5.32 Å². The predicted molar refractivity (Wildman–Crippen MR) is 107 cm³/mol. The molecule has 0 spiro atoms. The van der Waals surface area contributed by atoms with Crippen LogP contribution in [0.2, 0.25) is 5.02 Å². The summed E-state index contributed by atoms with van der Waals surface area (Å²) < 4.78 is 0. The molecule has 0 radical (unpaired) electrons. The maximum absolute atomic E-state index is 12.6. The molecule has 3 rings (SSSR count). The van der Waals surface area contributed by atoms with Crippen molar-refractivity contribution in [2.75, 3.05) is 0 Å². The van der Waals surface area contributed by atoms with E-state index in [-0.39, 0.29) is 18.7 Å². The van der Waals surface area contributed by atoms with E-state index in [9.17, 15) is 14.7 Å². The molecule has 0 aromatic heterocycles. The van der Waals surface area contributed by atoms with Gasteiger partial charge < -0.3 is 10.4 Å². The summed E-state index contributed by atoms with van der Waals surface area (Å²) in [5, 5.41) is 14.8. The van der Waals surface area contributed by atoms with Crippen LogP contribution in [0.5, 0.6) is 0 Å². The lowest BCUT2D eigenvalue weighted by Gasteiger charge is -2.17. The summed E-state index contributed by atoms with van der Waals surface area (Å²) in [7, 11) is 0. The van der Waals surface area contributed by atoms with Crippen LogP contribution in [0.3, 0.4) is 0 Å².